The Morgan fingerprint density at radius 1 is 0.947 bits per heavy atom. The SMILES string of the molecule is CCn1c(SCC(=O)Nc2ccccc2C(F)(F)F)nnc1-c1cc(-c2ccccc2)nc2ccccc12. The van der Waals surface area contributed by atoms with E-state index in [0.717, 1.165) is 45.6 Å². The second kappa shape index (κ2) is 10.7. The molecule has 10 heteroatoms. The summed E-state index contributed by atoms with van der Waals surface area (Å²) in [4.78, 5) is 17.4. The van der Waals surface area contributed by atoms with Gasteiger partial charge < -0.3 is 9.88 Å². The number of nitrogens with zero attached hydrogens (tertiary/aromatic N) is 4. The van der Waals surface area contributed by atoms with E-state index >= 15 is 0 Å². The summed E-state index contributed by atoms with van der Waals surface area (Å²) in [6.07, 6.45) is -4.57. The van der Waals surface area contributed by atoms with E-state index in [0.29, 0.717) is 17.5 Å². The fraction of sp³-hybridized carbons (Fsp3) is 0.143. The van der Waals surface area contributed by atoms with Crippen LogP contribution in [0.5, 0.6) is 0 Å². The summed E-state index contributed by atoms with van der Waals surface area (Å²) in [6, 6.07) is 24.5. The molecule has 5 rings (SSSR count). The topological polar surface area (TPSA) is 72.7 Å². The maximum atomic E-state index is 13.3. The van der Waals surface area contributed by atoms with E-state index in [9.17, 15) is 18.0 Å². The van der Waals surface area contributed by atoms with Gasteiger partial charge in [0.1, 0.15) is 0 Å². The molecule has 0 saturated carbocycles. The van der Waals surface area contributed by atoms with Gasteiger partial charge in [-0.05, 0) is 31.2 Å². The molecule has 2 aromatic heterocycles. The number of para-hydroxylation sites is 2. The Morgan fingerprint density at radius 2 is 1.66 bits per heavy atom. The van der Waals surface area contributed by atoms with Crippen LogP contribution in [0.2, 0.25) is 0 Å². The fourth-order valence-electron chi connectivity index (χ4n) is 4.15. The molecule has 0 aliphatic rings. The van der Waals surface area contributed by atoms with Crippen molar-refractivity contribution in [2.75, 3.05) is 11.1 Å². The zero-order valence-electron chi connectivity index (χ0n) is 20.2. The number of carbonyl (C=O) groups is 1. The highest BCUT2D eigenvalue weighted by Gasteiger charge is 2.33. The Labute approximate surface area is 220 Å². The number of hydrogen-bond donors (Lipinski definition) is 1. The first-order valence-electron chi connectivity index (χ1n) is 11.8. The molecule has 0 saturated heterocycles. The summed E-state index contributed by atoms with van der Waals surface area (Å²) < 4.78 is 41.7. The monoisotopic (exact) mass is 533 g/mol. The highest BCUT2D eigenvalue weighted by Crippen LogP contribution is 2.35. The van der Waals surface area contributed by atoms with Crippen molar-refractivity contribution in [3.63, 3.8) is 0 Å². The molecular weight excluding hydrogens is 511 g/mol. The number of rotatable bonds is 7. The van der Waals surface area contributed by atoms with Gasteiger partial charge in [-0.2, -0.15) is 13.2 Å². The predicted octanol–water partition coefficient (Wildman–Crippen LogP) is 6.93. The molecule has 38 heavy (non-hydrogen) atoms. The second-order valence-corrected chi connectivity index (χ2v) is 9.31. The van der Waals surface area contributed by atoms with Gasteiger partial charge in [0.2, 0.25) is 5.91 Å². The number of halogens is 3. The van der Waals surface area contributed by atoms with Gasteiger partial charge in [-0.15, -0.1) is 10.2 Å². The molecule has 0 spiro atoms. The Hall–Kier alpha value is -4.18. The molecule has 0 bridgehead atoms. The van der Waals surface area contributed by atoms with Crippen molar-refractivity contribution in [2.24, 2.45) is 0 Å². The Kier molecular flexibility index (Phi) is 7.15. The number of fused-ring (bicyclic) bond motifs is 1. The third-order valence-corrected chi connectivity index (χ3v) is 6.87. The first-order chi connectivity index (χ1) is 18.3. The molecule has 0 aliphatic heterocycles. The molecule has 0 atom stereocenters. The van der Waals surface area contributed by atoms with E-state index in [1.807, 2.05) is 72.2 Å². The minimum atomic E-state index is -4.57. The molecular formula is C28H22F3N5OS. The van der Waals surface area contributed by atoms with Crippen LogP contribution in [0.1, 0.15) is 12.5 Å². The van der Waals surface area contributed by atoms with Gasteiger partial charge in [-0.1, -0.05) is 72.4 Å². The number of thioether (sulfide) groups is 1. The maximum absolute atomic E-state index is 13.3. The summed E-state index contributed by atoms with van der Waals surface area (Å²) in [6.45, 7) is 2.47. The molecule has 1 N–H and O–H groups in total. The average Bonchev–Trinajstić information content (AvgIpc) is 3.34. The lowest BCUT2D eigenvalue weighted by Gasteiger charge is -2.13. The molecule has 2 heterocycles. The number of nitrogens with one attached hydrogen (secondary N) is 1. The Balaban J connectivity index is 1.43. The van der Waals surface area contributed by atoms with E-state index in [-0.39, 0.29) is 11.4 Å². The number of alkyl halides is 3. The molecule has 0 fully saturated rings. The van der Waals surface area contributed by atoms with Gasteiger partial charge in [-0.25, -0.2) is 4.98 Å². The normalized spacial score (nSPS) is 11.6. The van der Waals surface area contributed by atoms with E-state index < -0.39 is 17.6 Å². The van der Waals surface area contributed by atoms with Crippen LogP contribution in [0.15, 0.2) is 90.1 Å². The van der Waals surface area contributed by atoms with Crippen LogP contribution in [0.4, 0.5) is 18.9 Å². The Bertz CT molecular complexity index is 1600. The smallest absolute Gasteiger partial charge is 0.325 e. The number of hydrogen-bond acceptors (Lipinski definition) is 5. The van der Waals surface area contributed by atoms with Gasteiger partial charge in [-0.3, -0.25) is 4.79 Å². The average molecular weight is 534 g/mol. The first-order valence-corrected chi connectivity index (χ1v) is 12.8. The van der Waals surface area contributed by atoms with Gasteiger partial charge >= 0.3 is 6.18 Å². The largest absolute Gasteiger partial charge is 0.418 e. The summed E-state index contributed by atoms with van der Waals surface area (Å²) in [7, 11) is 0. The van der Waals surface area contributed by atoms with Crippen molar-refractivity contribution >= 4 is 34.3 Å². The van der Waals surface area contributed by atoms with Crippen LogP contribution in [-0.4, -0.2) is 31.4 Å². The lowest BCUT2D eigenvalue weighted by atomic mass is 10.0. The van der Waals surface area contributed by atoms with Crippen LogP contribution in [0, 0.1) is 0 Å². The summed E-state index contributed by atoms with van der Waals surface area (Å²) in [5, 5.41) is 12.5. The van der Waals surface area contributed by atoms with Crippen LogP contribution < -0.4 is 5.32 Å². The minimum absolute atomic E-state index is 0.128. The van der Waals surface area contributed by atoms with E-state index in [1.54, 1.807) is 0 Å². The fourth-order valence-corrected chi connectivity index (χ4v) is 4.95. The minimum Gasteiger partial charge on any atom is -0.325 e. The molecule has 0 radical (unpaired) electrons. The third kappa shape index (κ3) is 5.26. The van der Waals surface area contributed by atoms with Crippen molar-refractivity contribution in [1.82, 2.24) is 19.7 Å². The lowest BCUT2D eigenvalue weighted by Crippen LogP contribution is -2.18. The maximum Gasteiger partial charge on any atom is 0.418 e. The lowest BCUT2D eigenvalue weighted by molar-refractivity contribution is -0.137. The molecule has 5 aromatic rings. The summed E-state index contributed by atoms with van der Waals surface area (Å²) >= 11 is 1.11. The highest BCUT2D eigenvalue weighted by molar-refractivity contribution is 7.99. The van der Waals surface area contributed by atoms with Gasteiger partial charge in [0, 0.05) is 23.1 Å². The molecule has 192 valence electrons. The third-order valence-electron chi connectivity index (χ3n) is 5.90. The van der Waals surface area contributed by atoms with Crippen LogP contribution in [0.25, 0.3) is 33.5 Å². The number of pyridine rings is 1. The Morgan fingerprint density at radius 3 is 2.42 bits per heavy atom. The highest BCUT2D eigenvalue weighted by atomic mass is 32.2. The van der Waals surface area contributed by atoms with Crippen LogP contribution in [0.3, 0.4) is 0 Å². The zero-order valence-corrected chi connectivity index (χ0v) is 21.1. The standard InChI is InChI=1S/C28H22F3N5OS/c1-2-36-26(20-16-24(18-10-4-3-5-11-18)32-22-14-8-6-12-19(20)22)34-35-27(36)38-17-25(37)33-23-15-9-7-13-21(23)28(29,30)31/h3-16H,2,17H2,1H3,(H,33,37). The number of aromatic nitrogens is 4. The van der Waals surface area contributed by atoms with Crippen molar-refractivity contribution in [1.29, 1.82) is 0 Å². The van der Waals surface area contributed by atoms with Crippen molar-refractivity contribution in [2.45, 2.75) is 24.8 Å². The molecule has 3 aromatic carbocycles. The predicted molar refractivity (Wildman–Crippen MR) is 143 cm³/mol. The van der Waals surface area contributed by atoms with E-state index in [4.69, 9.17) is 4.98 Å². The van der Waals surface area contributed by atoms with Gasteiger partial charge in [0.25, 0.3) is 0 Å². The van der Waals surface area contributed by atoms with Crippen molar-refractivity contribution < 1.29 is 18.0 Å². The molecule has 1 amide bonds. The number of anilines is 1. The van der Waals surface area contributed by atoms with Crippen LogP contribution >= 0.6 is 11.8 Å². The first kappa shape index (κ1) is 25.5. The van der Waals surface area contributed by atoms with Gasteiger partial charge in [0.05, 0.1) is 28.2 Å². The van der Waals surface area contributed by atoms with E-state index in [2.05, 4.69) is 15.5 Å². The molecule has 0 aliphatic carbocycles. The van der Waals surface area contributed by atoms with E-state index in [1.165, 1.54) is 18.2 Å². The molecule has 6 nitrogen and oxygen atoms in total. The quantitative estimate of drug-likeness (QED) is 0.230. The van der Waals surface area contributed by atoms with Crippen molar-refractivity contribution in [3.05, 3.63) is 90.5 Å². The summed E-state index contributed by atoms with van der Waals surface area (Å²) in [5.74, 6) is -0.0790. The molecule has 0 unspecified atom stereocenters. The number of carbonyl (C=O) groups excluding carboxylic acids is 1. The van der Waals surface area contributed by atoms with Gasteiger partial charge in [0.15, 0.2) is 11.0 Å². The second-order valence-electron chi connectivity index (χ2n) is 8.37. The number of benzene rings is 3. The zero-order chi connectivity index (χ0) is 26.7. The summed E-state index contributed by atoms with van der Waals surface area (Å²) in [5.41, 5.74) is 2.25. The van der Waals surface area contributed by atoms with Crippen LogP contribution in [-0.2, 0) is 17.5 Å². The van der Waals surface area contributed by atoms with Crippen molar-refractivity contribution in [3.8, 4) is 22.6 Å². The number of amides is 1.